The standard InChI is InChI=1S/C32H40N2O2/c1-22(2)23-9-15-28-24(20-23)10-16-29-31(28,3)17-7-18-32(29,4)30(35)34-25-11-13-27(14-12-25)36-21-26-8-5-6-19-33-26/h5-6,8,10-14,19-20,22,28-29H,7,9,15-18,21H2,1-4H3,(H,34,35)/t28-,29+,31+,32+/m0/s1. The average molecular weight is 485 g/mol. The van der Waals surface area contributed by atoms with Gasteiger partial charge in [-0.15, -0.1) is 0 Å². The Morgan fingerprint density at radius 2 is 1.94 bits per heavy atom. The Bertz CT molecular complexity index is 1150. The van der Waals surface area contributed by atoms with E-state index in [9.17, 15) is 4.79 Å². The number of ether oxygens (including phenoxy) is 1. The van der Waals surface area contributed by atoms with Crippen LogP contribution in [0.2, 0.25) is 0 Å². The van der Waals surface area contributed by atoms with Crippen LogP contribution in [0, 0.1) is 28.6 Å². The van der Waals surface area contributed by atoms with Crippen LogP contribution in [0.15, 0.2) is 72.0 Å². The molecule has 0 bridgehead atoms. The number of hydrogen-bond acceptors (Lipinski definition) is 3. The van der Waals surface area contributed by atoms with Gasteiger partial charge in [-0.1, -0.05) is 57.9 Å². The maximum absolute atomic E-state index is 13.8. The molecule has 190 valence electrons. The number of aromatic nitrogens is 1. The summed E-state index contributed by atoms with van der Waals surface area (Å²) in [5.74, 6) is 2.48. The molecule has 0 spiro atoms. The molecule has 5 rings (SSSR count). The van der Waals surface area contributed by atoms with Crippen LogP contribution in [0.4, 0.5) is 5.69 Å². The second-order valence-corrected chi connectivity index (χ2v) is 11.8. The predicted molar refractivity (Wildman–Crippen MR) is 146 cm³/mol. The molecule has 3 aliphatic carbocycles. The lowest BCUT2D eigenvalue weighted by Crippen LogP contribution is -2.54. The smallest absolute Gasteiger partial charge is 0.230 e. The molecule has 4 atom stereocenters. The first kappa shape index (κ1) is 24.8. The van der Waals surface area contributed by atoms with Gasteiger partial charge in [0, 0.05) is 11.9 Å². The fourth-order valence-corrected chi connectivity index (χ4v) is 7.17. The van der Waals surface area contributed by atoms with E-state index in [2.05, 4.69) is 50.1 Å². The predicted octanol–water partition coefficient (Wildman–Crippen LogP) is 7.73. The van der Waals surface area contributed by atoms with E-state index in [0.29, 0.717) is 24.4 Å². The van der Waals surface area contributed by atoms with Gasteiger partial charge in [0.2, 0.25) is 5.91 Å². The summed E-state index contributed by atoms with van der Waals surface area (Å²) in [6.07, 6.45) is 13.4. The van der Waals surface area contributed by atoms with Crippen molar-refractivity contribution in [2.45, 2.75) is 72.8 Å². The highest BCUT2D eigenvalue weighted by Gasteiger charge is 2.56. The minimum absolute atomic E-state index is 0.159. The van der Waals surface area contributed by atoms with E-state index >= 15 is 0 Å². The molecule has 1 N–H and O–H groups in total. The lowest BCUT2D eigenvalue weighted by atomic mass is 9.46. The van der Waals surface area contributed by atoms with Crippen molar-refractivity contribution in [2.75, 3.05) is 5.32 Å². The molecule has 4 nitrogen and oxygen atoms in total. The summed E-state index contributed by atoms with van der Waals surface area (Å²) >= 11 is 0. The normalized spacial score (nSPS) is 29.5. The third kappa shape index (κ3) is 4.63. The average Bonchev–Trinajstić information content (AvgIpc) is 2.88. The van der Waals surface area contributed by atoms with Crippen LogP contribution >= 0.6 is 0 Å². The minimum Gasteiger partial charge on any atom is -0.487 e. The number of fused-ring (bicyclic) bond motifs is 3. The van der Waals surface area contributed by atoms with Crippen molar-refractivity contribution in [1.29, 1.82) is 0 Å². The first-order valence-electron chi connectivity index (χ1n) is 13.6. The number of carbonyl (C=O) groups excluding carboxylic acids is 1. The number of allylic oxidation sites excluding steroid dienone is 4. The van der Waals surface area contributed by atoms with Gasteiger partial charge >= 0.3 is 0 Å². The largest absolute Gasteiger partial charge is 0.487 e. The summed E-state index contributed by atoms with van der Waals surface area (Å²) < 4.78 is 5.86. The van der Waals surface area contributed by atoms with E-state index in [1.54, 1.807) is 11.8 Å². The van der Waals surface area contributed by atoms with Crippen LogP contribution in [0.3, 0.4) is 0 Å². The molecule has 4 heteroatoms. The summed E-state index contributed by atoms with van der Waals surface area (Å²) in [5, 5.41) is 3.26. The quantitative estimate of drug-likeness (QED) is 0.456. The number of nitrogens with zero attached hydrogens (tertiary/aromatic N) is 1. The van der Waals surface area contributed by atoms with E-state index in [0.717, 1.165) is 36.4 Å². The molecule has 0 aliphatic heterocycles. The Balaban J connectivity index is 1.29. The van der Waals surface area contributed by atoms with Crippen LogP contribution < -0.4 is 10.1 Å². The summed E-state index contributed by atoms with van der Waals surface area (Å²) in [4.78, 5) is 18.1. The summed E-state index contributed by atoms with van der Waals surface area (Å²) in [6, 6.07) is 13.5. The van der Waals surface area contributed by atoms with Crippen LogP contribution in [0.5, 0.6) is 5.75 Å². The van der Waals surface area contributed by atoms with Gasteiger partial charge in [0.15, 0.2) is 0 Å². The lowest BCUT2D eigenvalue weighted by Gasteiger charge is -2.57. The van der Waals surface area contributed by atoms with Crippen LogP contribution in [0.25, 0.3) is 0 Å². The molecule has 36 heavy (non-hydrogen) atoms. The first-order valence-corrected chi connectivity index (χ1v) is 13.6. The Hall–Kier alpha value is -2.88. The molecular weight excluding hydrogens is 444 g/mol. The molecule has 1 amide bonds. The Kier molecular flexibility index (Phi) is 6.80. The molecule has 0 unspecified atom stereocenters. The zero-order valence-electron chi connectivity index (χ0n) is 22.2. The highest BCUT2D eigenvalue weighted by molar-refractivity contribution is 5.95. The molecule has 1 heterocycles. The van der Waals surface area contributed by atoms with Crippen LogP contribution in [0.1, 0.15) is 71.9 Å². The number of benzene rings is 1. The van der Waals surface area contributed by atoms with Crippen molar-refractivity contribution in [1.82, 2.24) is 4.98 Å². The third-order valence-electron chi connectivity index (χ3n) is 9.32. The number of rotatable bonds is 6. The van der Waals surface area contributed by atoms with Gasteiger partial charge in [-0.2, -0.15) is 0 Å². The number of anilines is 1. The van der Waals surface area contributed by atoms with Crippen molar-refractivity contribution in [3.8, 4) is 5.75 Å². The van der Waals surface area contributed by atoms with Gasteiger partial charge in [-0.3, -0.25) is 9.78 Å². The second-order valence-electron chi connectivity index (χ2n) is 11.8. The van der Waals surface area contributed by atoms with Gasteiger partial charge in [-0.05, 0) is 97.2 Å². The van der Waals surface area contributed by atoms with Crippen molar-refractivity contribution in [2.24, 2.45) is 28.6 Å². The fraction of sp³-hybridized carbons (Fsp3) is 0.500. The van der Waals surface area contributed by atoms with Gasteiger partial charge < -0.3 is 10.1 Å². The number of carbonyl (C=O) groups is 1. The Labute approximate surface area is 216 Å². The van der Waals surface area contributed by atoms with E-state index in [1.807, 2.05) is 42.5 Å². The SMILES string of the molecule is CC(C)C1=CC2=CC[C@@H]3[C@](C)(CCC[C@@]3(C)C(=O)Nc3ccc(OCc4ccccn4)cc3)[C@H]2CC1. The van der Waals surface area contributed by atoms with E-state index in [-0.39, 0.29) is 16.7 Å². The number of pyridine rings is 1. The highest BCUT2D eigenvalue weighted by atomic mass is 16.5. The van der Waals surface area contributed by atoms with Crippen molar-refractivity contribution < 1.29 is 9.53 Å². The molecule has 0 saturated heterocycles. The molecule has 3 aliphatic rings. The minimum atomic E-state index is -0.370. The highest BCUT2D eigenvalue weighted by Crippen LogP contribution is 2.62. The van der Waals surface area contributed by atoms with E-state index in [1.165, 1.54) is 24.8 Å². The molecule has 1 aromatic heterocycles. The van der Waals surface area contributed by atoms with Crippen LogP contribution in [-0.4, -0.2) is 10.9 Å². The summed E-state index contributed by atoms with van der Waals surface area (Å²) in [7, 11) is 0. The Morgan fingerprint density at radius 3 is 2.67 bits per heavy atom. The Morgan fingerprint density at radius 1 is 1.14 bits per heavy atom. The van der Waals surface area contributed by atoms with E-state index < -0.39 is 0 Å². The summed E-state index contributed by atoms with van der Waals surface area (Å²) in [5.41, 5.74) is 4.65. The molecule has 1 fully saturated rings. The van der Waals surface area contributed by atoms with Crippen molar-refractivity contribution in [3.63, 3.8) is 0 Å². The third-order valence-corrected chi connectivity index (χ3v) is 9.32. The van der Waals surface area contributed by atoms with Gasteiger partial charge in [0.1, 0.15) is 12.4 Å². The number of nitrogens with one attached hydrogen (secondary N) is 1. The molecular formula is C32H40N2O2. The van der Waals surface area contributed by atoms with Crippen LogP contribution in [-0.2, 0) is 11.4 Å². The maximum atomic E-state index is 13.8. The zero-order valence-corrected chi connectivity index (χ0v) is 22.2. The number of hydrogen-bond donors (Lipinski definition) is 1. The van der Waals surface area contributed by atoms with Gasteiger partial charge in [-0.25, -0.2) is 0 Å². The lowest BCUT2D eigenvalue weighted by molar-refractivity contribution is -0.138. The molecule has 2 aromatic rings. The summed E-state index contributed by atoms with van der Waals surface area (Å²) in [6.45, 7) is 9.73. The zero-order chi connectivity index (χ0) is 25.3. The topological polar surface area (TPSA) is 51.2 Å². The van der Waals surface area contributed by atoms with Gasteiger partial charge in [0.25, 0.3) is 0 Å². The van der Waals surface area contributed by atoms with Crippen molar-refractivity contribution >= 4 is 11.6 Å². The van der Waals surface area contributed by atoms with E-state index in [4.69, 9.17) is 4.74 Å². The molecule has 1 saturated carbocycles. The van der Waals surface area contributed by atoms with Gasteiger partial charge in [0.05, 0.1) is 11.1 Å². The first-order chi connectivity index (χ1) is 17.3. The maximum Gasteiger partial charge on any atom is 0.230 e. The monoisotopic (exact) mass is 484 g/mol. The fourth-order valence-electron chi connectivity index (χ4n) is 7.17. The number of amides is 1. The molecule has 0 radical (unpaired) electrons. The molecule has 1 aromatic carbocycles. The second kappa shape index (κ2) is 9.88. The van der Waals surface area contributed by atoms with Crippen molar-refractivity contribution in [3.05, 3.63) is 77.7 Å².